The van der Waals surface area contributed by atoms with E-state index < -0.39 is 5.63 Å². The summed E-state index contributed by atoms with van der Waals surface area (Å²) < 4.78 is 19.0. The fourth-order valence-corrected chi connectivity index (χ4v) is 4.73. The van der Waals surface area contributed by atoms with E-state index >= 15 is 0 Å². The van der Waals surface area contributed by atoms with Crippen molar-refractivity contribution in [2.45, 2.75) is 13.5 Å². The lowest BCUT2D eigenvalue weighted by molar-refractivity contribution is 0.246. The van der Waals surface area contributed by atoms with Gasteiger partial charge in [0.05, 0.1) is 11.1 Å². The highest BCUT2D eigenvalue weighted by atomic mass is 35.5. The van der Waals surface area contributed by atoms with Gasteiger partial charge in [-0.3, -0.25) is 4.90 Å². The van der Waals surface area contributed by atoms with Crippen LogP contribution in [0.4, 0.5) is 10.1 Å². The van der Waals surface area contributed by atoms with E-state index in [-0.39, 0.29) is 11.6 Å². The maximum absolute atomic E-state index is 13.2. The highest BCUT2D eigenvalue weighted by Gasteiger charge is 2.22. The summed E-state index contributed by atoms with van der Waals surface area (Å²) in [6.07, 6.45) is 0. The number of anilines is 1. The summed E-state index contributed by atoms with van der Waals surface area (Å²) in [6, 6.07) is 17.1. The summed E-state index contributed by atoms with van der Waals surface area (Å²) in [5, 5.41) is 12.0. The monoisotopic (exact) mass is 478 g/mol. The highest BCUT2D eigenvalue weighted by Crippen LogP contribution is 2.33. The lowest BCUT2D eigenvalue weighted by Crippen LogP contribution is -2.46. The van der Waals surface area contributed by atoms with Gasteiger partial charge in [-0.25, -0.2) is 9.18 Å². The van der Waals surface area contributed by atoms with Crippen molar-refractivity contribution in [1.29, 1.82) is 0 Å². The fourth-order valence-electron chi connectivity index (χ4n) is 4.60. The first-order valence-electron chi connectivity index (χ1n) is 11.2. The number of rotatable bonds is 4. The number of halogens is 2. The maximum atomic E-state index is 13.2. The molecule has 5 nitrogen and oxygen atoms in total. The van der Waals surface area contributed by atoms with E-state index in [1.54, 1.807) is 48.5 Å². The van der Waals surface area contributed by atoms with E-state index in [2.05, 4.69) is 9.80 Å². The second-order valence-corrected chi connectivity index (χ2v) is 9.01. The van der Waals surface area contributed by atoms with E-state index in [1.165, 1.54) is 12.1 Å². The van der Waals surface area contributed by atoms with Gasteiger partial charge in [-0.2, -0.15) is 0 Å². The lowest BCUT2D eigenvalue weighted by atomic mass is 9.98. The zero-order valence-corrected chi connectivity index (χ0v) is 19.5. The summed E-state index contributed by atoms with van der Waals surface area (Å²) >= 11 is 6.00. The zero-order chi connectivity index (χ0) is 23.8. The number of piperazine rings is 1. The molecule has 1 aromatic heterocycles. The molecular formula is C27H24ClFN2O3. The number of hydrogen-bond donors (Lipinski definition) is 1. The van der Waals surface area contributed by atoms with Crippen LogP contribution in [0, 0.1) is 12.7 Å². The summed E-state index contributed by atoms with van der Waals surface area (Å²) in [5.41, 5.74) is 3.61. The number of aryl methyl sites for hydroxylation is 1. The largest absolute Gasteiger partial charge is 0.507 e. The average molecular weight is 479 g/mol. The van der Waals surface area contributed by atoms with Crippen molar-refractivity contribution in [2.24, 2.45) is 0 Å². The molecule has 0 spiro atoms. The van der Waals surface area contributed by atoms with Crippen LogP contribution in [-0.2, 0) is 6.54 Å². The Hall–Kier alpha value is -3.35. The van der Waals surface area contributed by atoms with Crippen LogP contribution >= 0.6 is 11.6 Å². The van der Waals surface area contributed by atoms with Crippen LogP contribution in [0.2, 0.25) is 5.02 Å². The van der Waals surface area contributed by atoms with Crippen LogP contribution in [-0.4, -0.2) is 36.2 Å². The van der Waals surface area contributed by atoms with Gasteiger partial charge in [0.15, 0.2) is 0 Å². The number of phenolic OH excluding ortho intramolecular Hbond substituents is 1. The normalized spacial score (nSPS) is 14.6. The summed E-state index contributed by atoms with van der Waals surface area (Å²) in [7, 11) is 0. The van der Waals surface area contributed by atoms with E-state index in [0.29, 0.717) is 28.3 Å². The summed E-state index contributed by atoms with van der Waals surface area (Å²) in [5.74, 6) is -0.139. The number of hydrogen-bond acceptors (Lipinski definition) is 5. The van der Waals surface area contributed by atoms with Crippen molar-refractivity contribution in [3.63, 3.8) is 0 Å². The second kappa shape index (κ2) is 9.12. The average Bonchev–Trinajstić information content (AvgIpc) is 2.83. The molecule has 3 aromatic carbocycles. The topological polar surface area (TPSA) is 56.9 Å². The van der Waals surface area contributed by atoms with Crippen molar-refractivity contribution in [1.82, 2.24) is 4.90 Å². The van der Waals surface area contributed by atoms with Gasteiger partial charge in [0, 0.05) is 48.8 Å². The van der Waals surface area contributed by atoms with Crippen molar-refractivity contribution in [2.75, 3.05) is 31.1 Å². The highest BCUT2D eigenvalue weighted by molar-refractivity contribution is 6.30. The third-order valence-electron chi connectivity index (χ3n) is 6.49. The molecule has 0 unspecified atom stereocenters. The number of benzene rings is 3. The quantitative estimate of drug-likeness (QED) is 0.387. The van der Waals surface area contributed by atoms with Gasteiger partial charge < -0.3 is 14.4 Å². The van der Waals surface area contributed by atoms with Gasteiger partial charge in [-0.05, 0) is 66.6 Å². The SMILES string of the molecule is Cc1c(-c2ccc(Cl)cc2)c(=O)oc2c(CN3CCN(c4ccc(F)cc4)CC3)c(O)ccc12. The Morgan fingerprint density at radius 1 is 0.971 bits per heavy atom. The van der Waals surface area contributed by atoms with Crippen molar-refractivity contribution < 1.29 is 13.9 Å². The van der Waals surface area contributed by atoms with Crippen LogP contribution in [0.25, 0.3) is 22.1 Å². The molecular weight excluding hydrogens is 455 g/mol. The van der Waals surface area contributed by atoms with Gasteiger partial charge in [0.2, 0.25) is 0 Å². The molecule has 2 heterocycles. The van der Waals surface area contributed by atoms with Gasteiger partial charge in [0.25, 0.3) is 0 Å². The molecule has 1 saturated heterocycles. The molecule has 7 heteroatoms. The minimum atomic E-state index is -0.444. The summed E-state index contributed by atoms with van der Waals surface area (Å²) in [6.45, 7) is 5.44. The van der Waals surface area contributed by atoms with Crippen LogP contribution in [0.3, 0.4) is 0 Å². The summed E-state index contributed by atoms with van der Waals surface area (Å²) in [4.78, 5) is 17.4. The number of phenols is 1. The van der Waals surface area contributed by atoms with Crippen molar-refractivity contribution >= 4 is 28.3 Å². The molecule has 34 heavy (non-hydrogen) atoms. The molecule has 0 aliphatic carbocycles. The van der Waals surface area contributed by atoms with Crippen molar-refractivity contribution in [3.05, 3.63) is 93.1 Å². The number of aromatic hydroxyl groups is 1. The molecule has 0 saturated carbocycles. The first-order valence-corrected chi connectivity index (χ1v) is 11.6. The standard InChI is InChI=1S/C27H24ClFN2O3/c1-17-22-10-11-24(32)23(26(22)34-27(33)25(17)18-2-4-19(28)5-3-18)16-30-12-14-31(15-13-30)21-8-6-20(29)7-9-21/h2-11,32H,12-16H2,1H3. The molecule has 1 aliphatic heterocycles. The van der Waals surface area contributed by atoms with Crippen LogP contribution in [0.15, 0.2) is 69.9 Å². The molecule has 1 aliphatic rings. The van der Waals surface area contributed by atoms with E-state index in [1.807, 2.05) is 6.92 Å². The maximum Gasteiger partial charge on any atom is 0.344 e. The Morgan fingerprint density at radius 3 is 2.32 bits per heavy atom. The lowest BCUT2D eigenvalue weighted by Gasteiger charge is -2.36. The molecule has 0 bridgehead atoms. The molecule has 4 aromatic rings. The van der Waals surface area contributed by atoms with E-state index in [9.17, 15) is 14.3 Å². The minimum Gasteiger partial charge on any atom is -0.507 e. The van der Waals surface area contributed by atoms with E-state index in [0.717, 1.165) is 48.4 Å². The molecule has 1 N–H and O–H groups in total. The predicted octanol–water partition coefficient (Wildman–Crippen LogP) is 5.59. The Morgan fingerprint density at radius 2 is 1.65 bits per heavy atom. The predicted molar refractivity (Wildman–Crippen MR) is 133 cm³/mol. The zero-order valence-electron chi connectivity index (χ0n) is 18.7. The van der Waals surface area contributed by atoms with Crippen LogP contribution in [0.1, 0.15) is 11.1 Å². The van der Waals surface area contributed by atoms with Gasteiger partial charge >= 0.3 is 5.63 Å². The molecule has 1 fully saturated rings. The van der Waals surface area contributed by atoms with Gasteiger partial charge in [-0.1, -0.05) is 23.7 Å². The third kappa shape index (κ3) is 4.27. The molecule has 174 valence electrons. The molecule has 0 amide bonds. The Labute approximate surface area is 201 Å². The Kier molecular flexibility index (Phi) is 6.02. The first-order chi connectivity index (χ1) is 16.4. The number of fused-ring (bicyclic) bond motifs is 1. The van der Waals surface area contributed by atoms with Gasteiger partial charge in [0.1, 0.15) is 17.1 Å². The van der Waals surface area contributed by atoms with E-state index in [4.69, 9.17) is 16.0 Å². The smallest absolute Gasteiger partial charge is 0.344 e. The molecule has 0 radical (unpaired) electrons. The van der Waals surface area contributed by atoms with Gasteiger partial charge in [-0.15, -0.1) is 0 Å². The minimum absolute atomic E-state index is 0.107. The Balaban J connectivity index is 1.43. The van der Waals surface area contributed by atoms with Crippen molar-refractivity contribution in [3.8, 4) is 16.9 Å². The third-order valence-corrected chi connectivity index (χ3v) is 6.74. The first kappa shape index (κ1) is 22.4. The van der Waals surface area contributed by atoms with Crippen LogP contribution < -0.4 is 10.5 Å². The number of nitrogens with zero attached hydrogens (tertiary/aromatic N) is 2. The molecule has 5 rings (SSSR count). The Bertz CT molecular complexity index is 1390. The second-order valence-electron chi connectivity index (χ2n) is 8.58. The molecule has 0 atom stereocenters. The fraction of sp³-hybridized carbons (Fsp3) is 0.222. The van der Waals surface area contributed by atoms with Crippen LogP contribution in [0.5, 0.6) is 5.75 Å².